The first kappa shape index (κ1) is 15.3. The largest absolute Gasteiger partial charge is 0.376 e. The number of nitrogens with zero attached hydrogens (tertiary/aromatic N) is 1. The average Bonchev–Trinajstić information content (AvgIpc) is 2.82. The fourth-order valence-corrected chi connectivity index (χ4v) is 2.77. The molecule has 1 aliphatic carbocycles. The average molecular weight is 283 g/mol. The highest BCUT2D eigenvalue weighted by Crippen LogP contribution is 2.19. The summed E-state index contributed by atoms with van der Waals surface area (Å²) in [5.41, 5.74) is 5.84. The summed E-state index contributed by atoms with van der Waals surface area (Å²) in [6.07, 6.45) is 5.78. The molecule has 6 nitrogen and oxygen atoms in total. The molecule has 1 saturated carbocycles. The van der Waals surface area contributed by atoms with Gasteiger partial charge in [-0.05, 0) is 32.1 Å². The van der Waals surface area contributed by atoms with Crippen molar-refractivity contribution in [3.8, 4) is 0 Å². The number of hydrogen-bond acceptors (Lipinski definition) is 4. The molecule has 0 bridgehead atoms. The molecule has 3 N–H and O–H groups in total. The van der Waals surface area contributed by atoms with Gasteiger partial charge in [-0.2, -0.15) is 0 Å². The van der Waals surface area contributed by atoms with Gasteiger partial charge >= 0.3 is 0 Å². The lowest BCUT2D eigenvalue weighted by molar-refractivity contribution is -0.133. The molecule has 2 amide bonds. The minimum absolute atomic E-state index is 0.0787. The van der Waals surface area contributed by atoms with E-state index in [0.717, 1.165) is 32.1 Å². The third-order valence-electron chi connectivity index (χ3n) is 4.00. The van der Waals surface area contributed by atoms with Crippen LogP contribution in [0, 0.1) is 0 Å². The maximum absolute atomic E-state index is 11.7. The van der Waals surface area contributed by atoms with E-state index in [0.29, 0.717) is 32.2 Å². The van der Waals surface area contributed by atoms with Crippen molar-refractivity contribution >= 4 is 11.8 Å². The molecule has 114 valence electrons. The molecule has 0 aromatic carbocycles. The van der Waals surface area contributed by atoms with Crippen molar-refractivity contribution in [1.29, 1.82) is 0 Å². The Labute approximate surface area is 120 Å². The minimum Gasteiger partial charge on any atom is -0.376 e. The van der Waals surface area contributed by atoms with Gasteiger partial charge in [-0.3, -0.25) is 9.59 Å². The van der Waals surface area contributed by atoms with Crippen LogP contribution in [-0.2, 0) is 14.3 Å². The van der Waals surface area contributed by atoms with Gasteiger partial charge in [0.2, 0.25) is 11.8 Å². The van der Waals surface area contributed by atoms with Crippen molar-refractivity contribution in [2.75, 3.05) is 26.2 Å². The lowest BCUT2D eigenvalue weighted by Crippen LogP contribution is -2.39. The van der Waals surface area contributed by atoms with Crippen LogP contribution < -0.4 is 11.1 Å². The van der Waals surface area contributed by atoms with E-state index in [1.165, 1.54) is 0 Å². The zero-order valence-corrected chi connectivity index (χ0v) is 12.0. The first-order valence-electron chi connectivity index (χ1n) is 7.57. The Kier molecular flexibility index (Phi) is 5.79. The topological polar surface area (TPSA) is 84.7 Å². The van der Waals surface area contributed by atoms with E-state index >= 15 is 0 Å². The number of nitrogens with two attached hydrogens (primary N) is 1. The molecule has 0 spiro atoms. The Bertz CT molecular complexity index is 341. The molecule has 0 unspecified atom stereocenters. The minimum atomic E-state index is -0.102. The summed E-state index contributed by atoms with van der Waals surface area (Å²) in [5, 5.41) is 2.80. The maximum atomic E-state index is 11.7. The van der Waals surface area contributed by atoms with Crippen molar-refractivity contribution in [3.63, 3.8) is 0 Å². The van der Waals surface area contributed by atoms with Gasteiger partial charge in [0.05, 0.1) is 19.3 Å². The Morgan fingerprint density at radius 1 is 1.35 bits per heavy atom. The second-order valence-electron chi connectivity index (χ2n) is 5.68. The Morgan fingerprint density at radius 2 is 2.10 bits per heavy atom. The highest BCUT2D eigenvalue weighted by molar-refractivity contribution is 5.85. The van der Waals surface area contributed by atoms with E-state index < -0.39 is 0 Å². The summed E-state index contributed by atoms with van der Waals surface area (Å²) in [6.45, 7) is 1.91. The molecule has 0 aromatic heterocycles. The van der Waals surface area contributed by atoms with Crippen molar-refractivity contribution in [3.05, 3.63) is 0 Å². The number of hydrogen-bond donors (Lipinski definition) is 2. The molecule has 2 aliphatic rings. The molecule has 0 aromatic rings. The number of amides is 2. The number of rotatable bonds is 6. The molecule has 2 rings (SSSR count). The van der Waals surface area contributed by atoms with Gasteiger partial charge < -0.3 is 20.7 Å². The van der Waals surface area contributed by atoms with Crippen LogP contribution in [0.4, 0.5) is 0 Å². The predicted octanol–water partition coefficient (Wildman–Crippen LogP) is 0.0115. The number of ether oxygens (including phenoxy) is 1. The zero-order valence-electron chi connectivity index (χ0n) is 12.0. The SMILES string of the molecule is NC1CCC(OCCNC(=O)CN2CCCC2=O)CC1. The normalized spacial score (nSPS) is 26.9. The van der Waals surface area contributed by atoms with E-state index in [1.54, 1.807) is 4.90 Å². The van der Waals surface area contributed by atoms with Crippen molar-refractivity contribution in [2.45, 2.75) is 50.7 Å². The number of nitrogens with one attached hydrogen (secondary N) is 1. The van der Waals surface area contributed by atoms with Crippen LogP contribution >= 0.6 is 0 Å². The van der Waals surface area contributed by atoms with Crippen LogP contribution in [0.25, 0.3) is 0 Å². The molecule has 2 fully saturated rings. The standard InChI is InChI=1S/C14H25N3O3/c15-11-3-5-12(6-4-11)20-9-7-16-13(18)10-17-8-1-2-14(17)19/h11-12H,1-10,15H2,(H,16,18). The summed E-state index contributed by atoms with van der Waals surface area (Å²) in [7, 11) is 0. The quantitative estimate of drug-likeness (QED) is 0.673. The summed E-state index contributed by atoms with van der Waals surface area (Å²) in [4.78, 5) is 24.7. The lowest BCUT2D eigenvalue weighted by Gasteiger charge is -2.26. The van der Waals surface area contributed by atoms with E-state index in [2.05, 4.69) is 5.32 Å². The van der Waals surface area contributed by atoms with Crippen LogP contribution in [0.15, 0.2) is 0 Å². The van der Waals surface area contributed by atoms with Crippen molar-refractivity contribution in [2.24, 2.45) is 5.73 Å². The molecule has 6 heteroatoms. The molecule has 0 radical (unpaired) electrons. The molecular formula is C14H25N3O3. The summed E-state index contributed by atoms with van der Waals surface area (Å²) in [5.74, 6) is -0.0236. The first-order chi connectivity index (χ1) is 9.65. The smallest absolute Gasteiger partial charge is 0.239 e. The molecular weight excluding hydrogens is 258 g/mol. The molecule has 1 heterocycles. The number of likely N-dealkylation sites (tertiary alicyclic amines) is 1. The second kappa shape index (κ2) is 7.59. The summed E-state index contributed by atoms with van der Waals surface area (Å²) < 4.78 is 5.72. The second-order valence-corrected chi connectivity index (χ2v) is 5.68. The van der Waals surface area contributed by atoms with Crippen molar-refractivity contribution < 1.29 is 14.3 Å². The molecule has 1 saturated heterocycles. The van der Waals surface area contributed by atoms with E-state index in [1.807, 2.05) is 0 Å². The molecule has 20 heavy (non-hydrogen) atoms. The first-order valence-corrected chi connectivity index (χ1v) is 7.57. The van der Waals surface area contributed by atoms with Crippen LogP contribution in [0.5, 0.6) is 0 Å². The Balaban J connectivity index is 1.52. The van der Waals surface area contributed by atoms with Gasteiger partial charge in [-0.25, -0.2) is 0 Å². The highest BCUT2D eigenvalue weighted by Gasteiger charge is 2.22. The third kappa shape index (κ3) is 4.76. The third-order valence-corrected chi connectivity index (χ3v) is 4.00. The summed E-state index contributed by atoms with van der Waals surface area (Å²) >= 11 is 0. The van der Waals surface area contributed by atoms with Crippen molar-refractivity contribution in [1.82, 2.24) is 10.2 Å². The predicted molar refractivity (Wildman–Crippen MR) is 75.0 cm³/mol. The van der Waals surface area contributed by atoms with Crippen LogP contribution in [-0.4, -0.2) is 55.1 Å². The van der Waals surface area contributed by atoms with Crippen LogP contribution in [0.1, 0.15) is 38.5 Å². The van der Waals surface area contributed by atoms with Gasteiger partial charge in [0, 0.05) is 25.6 Å². The number of carbonyl (C=O) groups excluding carboxylic acids is 2. The molecule has 0 atom stereocenters. The molecule has 1 aliphatic heterocycles. The van der Waals surface area contributed by atoms with E-state index in [9.17, 15) is 9.59 Å². The van der Waals surface area contributed by atoms with Gasteiger partial charge in [-0.1, -0.05) is 0 Å². The fraction of sp³-hybridized carbons (Fsp3) is 0.857. The monoisotopic (exact) mass is 283 g/mol. The highest BCUT2D eigenvalue weighted by atomic mass is 16.5. The van der Waals surface area contributed by atoms with Gasteiger partial charge in [0.15, 0.2) is 0 Å². The maximum Gasteiger partial charge on any atom is 0.239 e. The Morgan fingerprint density at radius 3 is 2.75 bits per heavy atom. The van der Waals surface area contributed by atoms with E-state index in [-0.39, 0.29) is 24.5 Å². The zero-order chi connectivity index (χ0) is 14.4. The van der Waals surface area contributed by atoms with Gasteiger partial charge in [0.25, 0.3) is 0 Å². The van der Waals surface area contributed by atoms with E-state index in [4.69, 9.17) is 10.5 Å². The summed E-state index contributed by atoms with van der Waals surface area (Å²) in [6, 6.07) is 0.326. The van der Waals surface area contributed by atoms with Gasteiger partial charge in [-0.15, -0.1) is 0 Å². The van der Waals surface area contributed by atoms with Gasteiger partial charge in [0.1, 0.15) is 0 Å². The fourth-order valence-electron chi connectivity index (χ4n) is 2.77. The Hall–Kier alpha value is -1.14. The number of carbonyl (C=O) groups is 2. The lowest BCUT2D eigenvalue weighted by atomic mass is 9.94. The van der Waals surface area contributed by atoms with Crippen LogP contribution in [0.2, 0.25) is 0 Å². The van der Waals surface area contributed by atoms with Crippen LogP contribution in [0.3, 0.4) is 0 Å².